The quantitative estimate of drug-likeness (QED) is 0.652. The minimum absolute atomic E-state index is 0.0992. The van der Waals surface area contributed by atoms with Gasteiger partial charge in [-0.15, -0.1) is 23.2 Å². The van der Waals surface area contributed by atoms with Crippen molar-refractivity contribution in [2.24, 2.45) is 5.92 Å². The van der Waals surface area contributed by atoms with Gasteiger partial charge >= 0.3 is 0 Å². The van der Waals surface area contributed by atoms with Crippen LogP contribution in [0.1, 0.15) is 25.8 Å². The smallest absolute Gasteiger partial charge is 0.0332 e. The predicted molar refractivity (Wildman–Crippen MR) is 76.7 cm³/mol. The molecule has 0 spiro atoms. The van der Waals surface area contributed by atoms with Gasteiger partial charge in [-0.2, -0.15) is 0 Å². The summed E-state index contributed by atoms with van der Waals surface area (Å²) in [5.74, 6) is 1.72. The maximum absolute atomic E-state index is 6.15. The summed E-state index contributed by atoms with van der Waals surface area (Å²) in [5, 5.41) is 0. The Bertz CT molecular complexity index is 315. The molecule has 0 fully saturated rings. The van der Waals surface area contributed by atoms with E-state index in [1.165, 1.54) is 5.56 Å². The Labute approximate surface area is 116 Å². The van der Waals surface area contributed by atoms with Gasteiger partial charge in [0.15, 0.2) is 0 Å². The van der Waals surface area contributed by atoms with Gasteiger partial charge in [0.1, 0.15) is 0 Å². The van der Waals surface area contributed by atoms with Gasteiger partial charge in [-0.25, -0.2) is 0 Å². The van der Waals surface area contributed by atoms with Gasteiger partial charge in [0.05, 0.1) is 0 Å². The third-order valence-electron chi connectivity index (χ3n) is 2.77. The summed E-state index contributed by atoms with van der Waals surface area (Å²) in [4.78, 5) is 0. The highest BCUT2D eigenvalue weighted by atomic mass is 79.9. The Morgan fingerprint density at radius 3 is 2.00 bits per heavy atom. The molecule has 0 N–H and O–H groups in total. The molecule has 90 valence electrons. The average Bonchev–Trinajstić information content (AvgIpc) is 2.27. The second kappa shape index (κ2) is 6.28. The van der Waals surface area contributed by atoms with Gasteiger partial charge in [0, 0.05) is 21.6 Å². The number of halogens is 3. The molecule has 0 amide bonds. The second-order valence-corrected chi connectivity index (χ2v) is 6.10. The second-order valence-electron chi connectivity index (χ2n) is 4.65. The Balaban J connectivity index is 3.04. The zero-order valence-corrected chi connectivity index (χ0v) is 12.7. The summed E-state index contributed by atoms with van der Waals surface area (Å²) in [6, 6.07) is 8.31. The molecular weight excluding hydrogens is 307 g/mol. The van der Waals surface area contributed by atoms with Crippen molar-refractivity contribution in [1.82, 2.24) is 0 Å². The fraction of sp³-hybridized carbons (Fsp3) is 0.538. The molecule has 3 heteroatoms. The molecule has 1 rings (SSSR count). The highest BCUT2D eigenvalue weighted by Gasteiger charge is 2.31. The largest absolute Gasteiger partial charge is 0.126 e. The highest BCUT2D eigenvalue weighted by Crippen LogP contribution is 2.34. The Hall–Kier alpha value is 0.280. The van der Waals surface area contributed by atoms with Crippen molar-refractivity contribution in [3.63, 3.8) is 0 Å². The van der Waals surface area contributed by atoms with E-state index in [4.69, 9.17) is 23.2 Å². The van der Waals surface area contributed by atoms with E-state index in [1.807, 2.05) is 12.1 Å². The lowest BCUT2D eigenvalue weighted by molar-refractivity contribution is 0.408. The van der Waals surface area contributed by atoms with Crippen molar-refractivity contribution in [2.75, 3.05) is 11.8 Å². The first-order valence-electron chi connectivity index (χ1n) is 5.42. The van der Waals surface area contributed by atoms with Crippen molar-refractivity contribution in [3.05, 3.63) is 34.3 Å². The number of hydrogen-bond acceptors (Lipinski definition) is 0. The Morgan fingerprint density at radius 2 is 1.62 bits per heavy atom. The molecule has 0 saturated heterocycles. The predicted octanol–water partition coefficient (Wildman–Crippen LogP) is 5.21. The fourth-order valence-electron chi connectivity index (χ4n) is 2.00. The highest BCUT2D eigenvalue weighted by molar-refractivity contribution is 9.10. The van der Waals surface area contributed by atoms with Crippen molar-refractivity contribution < 1.29 is 0 Å². The summed E-state index contributed by atoms with van der Waals surface area (Å²) in [6.45, 7) is 4.40. The van der Waals surface area contributed by atoms with Crippen LogP contribution in [0.5, 0.6) is 0 Å². The molecular formula is C13H17BrCl2. The molecule has 0 nitrogen and oxygen atoms in total. The van der Waals surface area contributed by atoms with Gasteiger partial charge in [-0.3, -0.25) is 0 Å². The van der Waals surface area contributed by atoms with Gasteiger partial charge < -0.3 is 0 Å². The standard InChI is InChI=1S/C13H17BrCl2/c1-10(2)7-13(8-15,9-16)11-3-5-12(14)6-4-11/h3-6,10H,7-9H2,1-2H3. The van der Waals surface area contributed by atoms with Gasteiger partial charge in [0.2, 0.25) is 0 Å². The SMILES string of the molecule is CC(C)CC(CCl)(CCl)c1ccc(Br)cc1. The van der Waals surface area contributed by atoms with Crippen LogP contribution in [-0.4, -0.2) is 11.8 Å². The van der Waals surface area contributed by atoms with Crippen molar-refractivity contribution in [1.29, 1.82) is 0 Å². The lowest BCUT2D eigenvalue weighted by atomic mass is 9.77. The molecule has 0 bridgehead atoms. The van der Waals surface area contributed by atoms with E-state index in [0.717, 1.165) is 10.9 Å². The molecule has 0 saturated carbocycles. The van der Waals surface area contributed by atoms with Crippen LogP contribution in [0.4, 0.5) is 0 Å². The topological polar surface area (TPSA) is 0 Å². The van der Waals surface area contributed by atoms with Gasteiger partial charge in [0.25, 0.3) is 0 Å². The van der Waals surface area contributed by atoms with Gasteiger partial charge in [-0.05, 0) is 30.0 Å². The third-order valence-corrected chi connectivity index (χ3v) is 4.32. The Morgan fingerprint density at radius 1 is 1.12 bits per heavy atom. The number of alkyl halides is 2. The summed E-state index contributed by atoms with van der Waals surface area (Å²) in [6.07, 6.45) is 1.02. The van der Waals surface area contributed by atoms with E-state index in [0.29, 0.717) is 17.7 Å². The maximum Gasteiger partial charge on any atom is 0.0332 e. The molecule has 0 aliphatic carbocycles. The van der Waals surface area contributed by atoms with Crippen molar-refractivity contribution >= 4 is 39.1 Å². The normalized spacial score (nSPS) is 12.1. The van der Waals surface area contributed by atoms with Crippen LogP contribution in [0, 0.1) is 5.92 Å². The summed E-state index contributed by atoms with van der Waals surface area (Å²) < 4.78 is 1.08. The van der Waals surface area contributed by atoms with E-state index < -0.39 is 0 Å². The van der Waals surface area contributed by atoms with Crippen LogP contribution in [0.25, 0.3) is 0 Å². The monoisotopic (exact) mass is 322 g/mol. The number of benzene rings is 1. The zero-order valence-electron chi connectivity index (χ0n) is 9.64. The number of hydrogen-bond donors (Lipinski definition) is 0. The minimum atomic E-state index is -0.0992. The Kier molecular flexibility index (Phi) is 5.63. The molecule has 1 aromatic carbocycles. The molecule has 0 radical (unpaired) electrons. The third kappa shape index (κ3) is 3.38. The van der Waals surface area contributed by atoms with Crippen LogP contribution in [0.3, 0.4) is 0 Å². The molecule has 0 atom stereocenters. The lowest BCUT2D eigenvalue weighted by Crippen LogP contribution is -2.32. The van der Waals surface area contributed by atoms with E-state index in [9.17, 15) is 0 Å². The van der Waals surface area contributed by atoms with E-state index >= 15 is 0 Å². The molecule has 1 aromatic rings. The molecule has 0 heterocycles. The first-order valence-corrected chi connectivity index (χ1v) is 7.28. The molecule has 0 unspecified atom stereocenters. The molecule has 0 aromatic heterocycles. The lowest BCUT2D eigenvalue weighted by Gasteiger charge is -2.32. The fourth-order valence-corrected chi connectivity index (χ4v) is 3.08. The first kappa shape index (κ1) is 14.3. The van der Waals surface area contributed by atoms with E-state index in [-0.39, 0.29) is 5.41 Å². The number of rotatable bonds is 5. The zero-order chi connectivity index (χ0) is 12.2. The molecule has 16 heavy (non-hydrogen) atoms. The van der Waals surface area contributed by atoms with Crippen LogP contribution in [0.15, 0.2) is 28.7 Å². The average molecular weight is 324 g/mol. The van der Waals surface area contributed by atoms with Crippen LogP contribution in [-0.2, 0) is 5.41 Å². The van der Waals surface area contributed by atoms with Crippen molar-refractivity contribution in [2.45, 2.75) is 25.7 Å². The maximum atomic E-state index is 6.15. The van der Waals surface area contributed by atoms with E-state index in [2.05, 4.69) is 41.9 Å². The van der Waals surface area contributed by atoms with Crippen molar-refractivity contribution in [3.8, 4) is 0 Å². The van der Waals surface area contributed by atoms with Crippen LogP contribution in [0.2, 0.25) is 0 Å². The van der Waals surface area contributed by atoms with Crippen LogP contribution >= 0.6 is 39.1 Å². The summed E-state index contributed by atoms with van der Waals surface area (Å²) in [5.41, 5.74) is 1.13. The summed E-state index contributed by atoms with van der Waals surface area (Å²) in [7, 11) is 0. The first-order chi connectivity index (χ1) is 7.54. The van der Waals surface area contributed by atoms with Crippen LogP contribution < -0.4 is 0 Å². The van der Waals surface area contributed by atoms with Gasteiger partial charge in [-0.1, -0.05) is 41.9 Å². The minimum Gasteiger partial charge on any atom is -0.126 e. The summed E-state index contributed by atoms with van der Waals surface area (Å²) >= 11 is 15.7. The van der Waals surface area contributed by atoms with E-state index in [1.54, 1.807) is 0 Å². The molecule has 0 aliphatic heterocycles. The molecule has 0 aliphatic rings.